The van der Waals surface area contributed by atoms with E-state index in [4.69, 9.17) is 11.6 Å². The number of nitrogens with one attached hydrogen (secondary N) is 2. The van der Waals surface area contributed by atoms with Crippen molar-refractivity contribution in [2.24, 2.45) is 0 Å². The van der Waals surface area contributed by atoms with Gasteiger partial charge in [0.05, 0.1) is 16.4 Å². The van der Waals surface area contributed by atoms with Gasteiger partial charge < -0.3 is 10.6 Å². The van der Waals surface area contributed by atoms with Crippen molar-refractivity contribution in [1.82, 2.24) is 0 Å². The second-order valence-corrected chi connectivity index (χ2v) is 4.92. The topological polar surface area (TPSA) is 41.1 Å². The molecule has 2 N–H and O–H groups in total. The minimum Gasteiger partial charge on any atom is -0.307 e. The summed E-state index contributed by atoms with van der Waals surface area (Å²) >= 11 is 9.11. The first kappa shape index (κ1) is 13.8. The molecule has 2 aromatic rings. The number of benzene rings is 2. The molecule has 0 atom stereocenters. The summed E-state index contributed by atoms with van der Waals surface area (Å²) in [5.41, 5.74) is 0.529. The number of anilines is 2. The van der Waals surface area contributed by atoms with Crippen molar-refractivity contribution in [1.29, 1.82) is 0 Å². The second kappa shape index (κ2) is 6.04. The molecule has 3 nitrogen and oxygen atoms in total. The highest BCUT2D eigenvalue weighted by Gasteiger charge is 2.11. The molecule has 98 valence electrons. The van der Waals surface area contributed by atoms with Gasteiger partial charge in [-0.2, -0.15) is 0 Å². The molecule has 2 rings (SSSR count). The van der Waals surface area contributed by atoms with E-state index < -0.39 is 11.8 Å². The highest BCUT2D eigenvalue weighted by Crippen LogP contribution is 2.25. The van der Waals surface area contributed by atoms with Crippen molar-refractivity contribution in [2.45, 2.75) is 0 Å². The third-order valence-corrected chi connectivity index (χ3v) is 3.33. The third-order valence-electron chi connectivity index (χ3n) is 2.32. The smallest absolute Gasteiger partial charge is 0.307 e. The van der Waals surface area contributed by atoms with E-state index in [1.54, 1.807) is 18.2 Å². The highest BCUT2D eigenvalue weighted by atomic mass is 79.9. The van der Waals surface area contributed by atoms with Crippen LogP contribution in [0.3, 0.4) is 0 Å². The molecular weight excluding hydrogens is 335 g/mol. The Morgan fingerprint density at radius 3 is 2.53 bits per heavy atom. The lowest BCUT2D eigenvalue weighted by Crippen LogP contribution is -2.20. The molecule has 0 saturated carbocycles. The Kier molecular flexibility index (Phi) is 4.39. The van der Waals surface area contributed by atoms with E-state index in [9.17, 15) is 9.18 Å². The first-order chi connectivity index (χ1) is 9.08. The van der Waals surface area contributed by atoms with E-state index in [0.29, 0.717) is 5.69 Å². The average molecular weight is 344 g/mol. The lowest BCUT2D eigenvalue weighted by molar-refractivity contribution is 0.262. The number of hydrogen-bond donors (Lipinski definition) is 2. The lowest BCUT2D eigenvalue weighted by Gasteiger charge is -2.10. The molecular formula is C13H9BrClFN2O. The van der Waals surface area contributed by atoms with Crippen molar-refractivity contribution in [3.8, 4) is 0 Å². The van der Waals surface area contributed by atoms with Gasteiger partial charge in [0, 0.05) is 4.47 Å². The maximum absolute atomic E-state index is 13.5. The van der Waals surface area contributed by atoms with E-state index in [1.807, 2.05) is 6.07 Å². The molecule has 0 aliphatic rings. The van der Waals surface area contributed by atoms with E-state index in [1.165, 1.54) is 18.2 Å². The van der Waals surface area contributed by atoms with Gasteiger partial charge in [0.25, 0.3) is 0 Å². The predicted octanol–water partition coefficient (Wildman–Crippen LogP) is 4.89. The SMILES string of the molecule is O=C(Nc1ccccc1Br)Nc1c(F)cccc1Cl. The van der Waals surface area contributed by atoms with Crippen molar-refractivity contribution >= 4 is 44.9 Å². The van der Waals surface area contributed by atoms with Gasteiger partial charge in [0.1, 0.15) is 5.82 Å². The summed E-state index contributed by atoms with van der Waals surface area (Å²) in [6, 6.07) is 10.7. The van der Waals surface area contributed by atoms with Crippen LogP contribution in [0.1, 0.15) is 0 Å². The molecule has 0 radical (unpaired) electrons. The fraction of sp³-hybridized carbons (Fsp3) is 0. The summed E-state index contributed by atoms with van der Waals surface area (Å²) in [5, 5.41) is 5.11. The van der Waals surface area contributed by atoms with Gasteiger partial charge in [-0.15, -0.1) is 0 Å². The molecule has 0 heterocycles. The van der Waals surface area contributed by atoms with Crippen molar-refractivity contribution in [2.75, 3.05) is 10.6 Å². The van der Waals surface area contributed by atoms with Gasteiger partial charge in [-0.25, -0.2) is 9.18 Å². The summed E-state index contributed by atoms with van der Waals surface area (Å²) in [6.07, 6.45) is 0. The standard InChI is InChI=1S/C13H9BrClFN2O/c14-8-4-1-2-7-11(8)17-13(19)18-12-9(15)5-3-6-10(12)16/h1-7H,(H2,17,18,19). The number of carbonyl (C=O) groups is 1. The Morgan fingerprint density at radius 2 is 1.84 bits per heavy atom. The Bertz CT molecular complexity index is 601. The zero-order valence-electron chi connectivity index (χ0n) is 9.58. The number of hydrogen-bond acceptors (Lipinski definition) is 1. The second-order valence-electron chi connectivity index (χ2n) is 3.66. The highest BCUT2D eigenvalue weighted by molar-refractivity contribution is 9.10. The third kappa shape index (κ3) is 3.45. The van der Waals surface area contributed by atoms with Crippen LogP contribution in [0.2, 0.25) is 5.02 Å². The van der Waals surface area contributed by atoms with Gasteiger partial charge in [-0.05, 0) is 40.2 Å². The fourth-order valence-electron chi connectivity index (χ4n) is 1.45. The van der Waals surface area contributed by atoms with Crippen LogP contribution >= 0.6 is 27.5 Å². The van der Waals surface area contributed by atoms with Crippen LogP contribution in [0.4, 0.5) is 20.6 Å². The minimum absolute atomic E-state index is 0.0475. The van der Waals surface area contributed by atoms with E-state index in [-0.39, 0.29) is 10.7 Å². The maximum Gasteiger partial charge on any atom is 0.323 e. The van der Waals surface area contributed by atoms with Crippen molar-refractivity contribution < 1.29 is 9.18 Å². The lowest BCUT2D eigenvalue weighted by atomic mass is 10.3. The number of carbonyl (C=O) groups excluding carboxylic acids is 1. The van der Waals surface area contributed by atoms with Crippen LogP contribution in [0.5, 0.6) is 0 Å². The molecule has 6 heteroatoms. The Labute approximate surface area is 122 Å². The zero-order chi connectivity index (χ0) is 13.8. The Balaban J connectivity index is 2.12. The number of rotatable bonds is 2. The summed E-state index contributed by atoms with van der Waals surface area (Å²) in [4.78, 5) is 11.8. The van der Waals surface area contributed by atoms with Crippen molar-refractivity contribution in [3.05, 3.63) is 57.8 Å². The molecule has 0 spiro atoms. The van der Waals surface area contributed by atoms with Gasteiger partial charge >= 0.3 is 6.03 Å². The number of urea groups is 1. The van der Waals surface area contributed by atoms with E-state index in [2.05, 4.69) is 26.6 Å². The van der Waals surface area contributed by atoms with Crippen molar-refractivity contribution in [3.63, 3.8) is 0 Å². The molecule has 2 amide bonds. The van der Waals surface area contributed by atoms with E-state index >= 15 is 0 Å². The largest absolute Gasteiger partial charge is 0.323 e. The van der Waals surface area contributed by atoms with Crippen LogP contribution in [-0.2, 0) is 0 Å². The number of para-hydroxylation sites is 2. The molecule has 0 aromatic heterocycles. The first-order valence-electron chi connectivity index (χ1n) is 5.34. The maximum atomic E-state index is 13.5. The monoisotopic (exact) mass is 342 g/mol. The van der Waals surface area contributed by atoms with Crippen LogP contribution in [0.15, 0.2) is 46.9 Å². The van der Waals surface area contributed by atoms with Gasteiger partial charge in [0.15, 0.2) is 0 Å². The molecule has 0 saturated heterocycles. The number of halogens is 3. The molecule has 0 aliphatic heterocycles. The molecule has 0 bridgehead atoms. The molecule has 19 heavy (non-hydrogen) atoms. The minimum atomic E-state index is -0.588. The van der Waals surface area contributed by atoms with Crippen LogP contribution in [0, 0.1) is 5.82 Å². The van der Waals surface area contributed by atoms with Gasteiger partial charge in [-0.3, -0.25) is 0 Å². The fourth-order valence-corrected chi connectivity index (χ4v) is 2.04. The normalized spacial score (nSPS) is 10.1. The quantitative estimate of drug-likeness (QED) is 0.801. The van der Waals surface area contributed by atoms with Crippen LogP contribution in [0.25, 0.3) is 0 Å². The summed E-state index contributed by atoms with van der Waals surface area (Å²) in [5.74, 6) is -0.588. The number of amides is 2. The summed E-state index contributed by atoms with van der Waals surface area (Å²) in [7, 11) is 0. The molecule has 0 unspecified atom stereocenters. The summed E-state index contributed by atoms with van der Waals surface area (Å²) in [6.45, 7) is 0. The molecule has 0 fully saturated rings. The Morgan fingerprint density at radius 1 is 1.11 bits per heavy atom. The Hall–Kier alpha value is -1.59. The molecule has 0 aliphatic carbocycles. The zero-order valence-corrected chi connectivity index (χ0v) is 11.9. The van der Waals surface area contributed by atoms with Crippen LogP contribution in [-0.4, -0.2) is 6.03 Å². The predicted molar refractivity (Wildman–Crippen MR) is 78.2 cm³/mol. The average Bonchev–Trinajstić information content (AvgIpc) is 2.37. The molecule has 2 aromatic carbocycles. The van der Waals surface area contributed by atoms with E-state index in [0.717, 1.165) is 4.47 Å². The van der Waals surface area contributed by atoms with Crippen LogP contribution < -0.4 is 10.6 Å². The van der Waals surface area contributed by atoms with Gasteiger partial charge in [0.2, 0.25) is 0 Å². The first-order valence-corrected chi connectivity index (χ1v) is 6.51. The summed E-state index contributed by atoms with van der Waals surface area (Å²) < 4.78 is 14.2. The van der Waals surface area contributed by atoms with Gasteiger partial charge in [-0.1, -0.05) is 29.8 Å².